The zero-order valence-corrected chi connectivity index (χ0v) is 16.1. The van der Waals surface area contributed by atoms with Gasteiger partial charge < -0.3 is 15.4 Å². The molecule has 8 nitrogen and oxygen atoms in total. The van der Waals surface area contributed by atoms with Crippen molar-refractivity contribution in [3.8, 4) is 0 Å². The van der Waals surface area contributed by atoms with Gasteiger partial charge in [0.05, 0.1) is 22.3 Å². The summed E-state index contributed by atoms with van der Waals surface area (Å²) >= 11 is 0. The Morgan fingerprint density at radius 3 is 2.79 bits per heavy atom. The molecule has 8 heteroatoms. The maximum atomic E-state index is 12.4. The van der Waals surface area contributed by atoms with Crippen molar-refractivity contribution in [1.29, 1.82) is 0 Å². The molecule has 1 aromatic carbocycles. The lowest BCUT2D eigenvalue weighted by Crippen LogP contribution is -2.33. The van der Waals surface area contributed by atoms with Crippen LogP contribution in [0.25, 0.3) is 16.6 Å². The van der Waals surface area contributed by atoms with Crippen LogP contribution in [-0.2, 0) is 0 Å². The molecule has 3 N–H and O–H groups in total. The molecular formula is C20H25N5O3. The maximum absolute atomic E-state index is 12.4. The predicted octanol–water partition coefficient (Wildman–Crippen LogP) is 2.78. The largest absolute Gasteiger partial charge is 0.465 e. The lowest BCUT2D eigenvalue weighted by molar-refractivity contribution is 0.201. The van der Waals surface area contributed by atoms with Crippen LogP contribution in [0.2, 0.25) is 0 Å². The van der Waals surface area contributed by atoms with Crippen molar-refractivity contribution in [2.75, 3.05) is 24.5 Å². The number of hydrogen-bond donors (Lipinski definition) is 3. The lowest BCUT2D eigenvalue weighted by atomic mass is 9.94. The third-order valence-corrected chi connectivity index (χ3v) is 5.27. The Balaban J connectivity index is 1.97. The van der Waals surface area contributed by atoms with Gasteiger partial charge in [0.15, 0.2) is 0 Å². The monoisotopic (exact) mass is 383 g/mol. The average Bonchev–Trinajstić information content (AvgIpc) is 3.04. The van der Waals surface area contributed by atoms with Gasteiger partial charge >= 0.3 is 6.09 Å². The Kier molecular flexibility index (Phi) is 4.80. The van der Waals surface area contributed by atoms with Crippen molar-refractivity contribution in [2.24, 2.45) is 5.92 Å². The fraction of sp³-hybridized carbons (Fsp3) is 0.450. The quantitative estimate of drug-likeness (QED) is 0.643. The topological polar surface area (TPSA) is 103 Å². The molecule has 1 amide bonds. The molecule has 0 bridgehead atoms. The molecule has 0 spiro atoms. The number of carbonyl (C=O) groups is 1. The minimum absolute atomic E-state index is 0.164. The molecule has 1 saturated heterocycles. The summed E-state index contributed by atoms with van der Waals surface area (Å²) in [6, 6.07) is 7.06. The lowest BCUT2D eigenvalue weighted by Gasteiger charge is -2.23. The molecule has 4 rings (SSSR count). The summed E-state index contributed by atoms with van der Waals surface area (Å²) in [7, 11) is 0. The Morgan fingerprint density at radius 2 is 2.11 bits per heavy atom. The summed E-state index contributed by atoms with van der Waals surface area (Å²) < 4.78 is 1.79. The Bertz CT molecular complexity index is 1080. The van der Waals surface area contributed by atoms with Crippen molar-refractivity contribution < 1.29 is 9.90 Å². The molecule has 0 atom stereocenters. The van der Waals surface area contributed by atoms with E-state index in [9.17, 15) is 14.7 Å². The maximum Gasteiger partial charge on any atom is 0.411 e. The molecule has 3 aromatic rings. The van der Waals surface area contributed by atoms with Crippen molar-refractivity contribution in [3.05, 3.63) is 40.3 Å². The number of aromatic nitrogens is 3. The van der Waals surface area contributed by atoms with Crippen LogP contribution >= 0.6 is 0 Å². The van der Waals surface area contributed by atoms with E-state index in [2.05, 4.69) is 10.3 Å². The van der Waals surface area contributed by atoms with E-state index in [1.54, 1.807) is 16.6 Å². The molecular weight excluding hydrogens is 358 g/mol. The smallest absolute Gasteiger partial charge is 0.411 e. The van der Waals surface area contributed by atoms with Gasteiger partial charge in [-0.05, 0) is 44.0 Å². The van der Waals surface area contributed by atoms with E-state index >= 15 is 0 Å². The van der Waals surface area contributed by atoms with Gasteiger partial charge in [0.1, 0.15) is 5.65 Å². The van der Waals surface area contributed by atoms with Crippen LogP contribution in [0.1, 0.15) is 38.3 Å². The summed E-state index contributed by atoms with van der Waals surface area (Å²) in [5.74, 6) is 0.410. The van der Waals surface area contributed by atoms with Gasteiger partial charge in [-0.15, -0.1) is 0 Å². The minimum Gasteiger partial charge on any atom is -0.465 e. The number of nitrogens with zero attached hydrogens (tertiary/aromatic N) is 3. The fourth-order valence-electron chi connectivity index (χ4n) is 4.05. The van der Waals surface area contributed by atoms with E-state index in [-0.39, 0.29) is 17.4 Å². The van der Waals surface area contributed by atoms with Gasteiger partial charge in [-0.25, -0.2) is 9.31 Å². The number of fused-ring (bicyclic) bond motifs is 3. The number of nitrogens with one attached hydrogen (secondary N) is 2. The minimum atomic E-state index is -1.02. The molecule has 148 valence electrons. The van der Waals surface area contributed by atoms with Crippen molar-refractivity contribution >= 4 is 28.3 Å². The first-order valence-corrected chi connectivity index (χ1v) is 9.71. The van der Waals surface area contributed by atoms with E-state index in [0.29, 0.717) is 28.8 Å². The Labute approximate surface area is 162 Å². The fourth-order valence-corrected chi connectivity index (χ4v) is 4.05. The van der Waals surface area contributed by atoms with Crippen LogP contribution in [0.3, 0.4) is 0 Å². The highest BCUT2D eigenvalue weighted by Crippen LogP contribution is 2.32. The molecule has 0 aliphatic carbocycles. The van der Waals surface area contributed by atoms with Gasteiger partial charge in [-0.1, -0.05) is 19.9 Å². The second-order valence-electron chi connectivity index (χ2n) is 7.80. The number of hydrogen-bond acceptors (Lipinski definition) is 4. The number of anilines is 1. The first kappa shape index (κ1) is 18.5. The number of rotatable bonds is 4. The normalized spacial score (nSPS) is 15.5. The highest BCUT2D eigenvalue weighted by Gasteiger charge is 2.24. The summed E-state index contributed by atoms with van der Waals surface area (Å²) in [5, 5.41) is 18.5. The van der Waals surface area contributed by atoms with E-state index in [1.807, 2.05) is 26.0 Å². The standard InChI is InChI=1S/C20H25N5O3/c1-12(2)11-24(20(27)28)15-5-3-4-14-18(15)19-22-17(26)10-16(25(19)23-14)13-6-8-21-9-7-13/h3-5,10,12-13,21H,6-9,11H2,1-2H3,(H,22,26)(H,27,28). The first-order valence-electron chi connectivity index (χ1n) is 9.71. The van der Waals surface area contributed by atoms with Crippen molar-refractivity contribution in [3.63, 3.8) is 0 Å². The number of aromatic amines is 1. The Hall–Kier alpha value is -2.87. The van der Waals surface area contributed by atoms with E-state index in [0.717, 1.165) is 31.6 Å². The summed E-state index contributed by atoms with van der Waals surface area (Å²) in [6.45, 7) is 6.13. The third-order valence-electron chi connectivity index (χ3n) is 5.27. The van der Waals surface area contributed by atoms with Crippen LogP contribution in [0.5, 0.6) is 0 Å². The number of amides is 1. The van der Waals surface area contributed by atoms with Crippen LogP contribution in [0.4, 0.5) is 10.5 Å². The highest BCUT2D eigenvalue weighted by atomic mass is 16.4. The number of H-pyrrole nitrogens is 1. The first-order chi connectivity index (χ1) is 13.5. The molecule has 3 heterocycles. The number of piperidine rings is 1. The van der Waals surface area contributed by atoms with Crippen molar-refractivity contribution in [2.45, 2.75) is 32.6 Å². The summed E-state index contributed by atoms with van der Waals surface area (Å²) in [5.41, 5.74) is 2.47. The van der Waals surface area contributed by atoms with Crippen LogP contribution in [0.15, 0.2) is 29.1 Å². The molecule has 2 aromatic heterocycles. The van der Waals surface area contributed by atoms with Gasteiger partial charge in [0, 0.05) is 18.5 Å². The molecule has 0 unspecified atom stereocenters. The second kappa shape index (κ2) is 7.27. The zero-order valence-electron chi connectivity index (χ0n) is 16.1. The molecule has 1 fully saturated rings. The average molecular weight is 383 g/mol. The van der Waals surface area contributed by atoms with Gasteiger partial charge in [-0.2, -0.15) is 5.10 Å². The predicted molar refractivity (Wildman–Crippen MR) is 108 cm³/mol. The molecule has 1 aliphatic heterocycles. The van der Waals surface area contributed by atoms with Gasteiger partial charge in [-0.3, -0.25) is 9.69 Å². The number of benzene rings is 1. The summed E-state index contributed by atoms with van der Waals surface area (Å²) in [4.78, 5) is 28.6. The molecule has 0 radical (unpaired) electrons. The molecule has 28 heavy (non-hydrogen) atoms. The molecule has 1 aliphatic rings. The van der Waals surface area contributed by atoms with Crippen LogP contribution in [0, 0.1) is 5.92 Å². The number of carboxylic acid groups (broad SMARTS) is 1. The van der Waals surface area contributed by atoms with Gasteiger partial charge in [0.25, 0.3) is 5.56 Å². The second-order valence-corrected chi connectivity index (χ2v) is 7.80. The zero-order chi connectivity index (χ0) is 19.8. The highest BCUT2D eigenvalue weighted by molar-refractivity contribution is 6.06. The summed E-state index contributed by atoms with van der Waals surface area (Å²) in [6.07, 6.45) is 0.865. The van der Waals surface area contributed by atoms with E-state index in [1.165, 1.54) is 4.90 Å². The SMILES string of the molecule is CC(C)CN(C(=O)O)c1cccc2nn3c(C4CCNCC4)cc(=O)[nH]c3c12. The van der Waals surface area contributed by atoms with E-state index < -0.39 is 6.09 Å². The van der Waals surface area contributed by atoms with Gasteiger partial charge in [0.2, 0.25) is 0 Å². The van der Waals surface area contributed by atoms with E-state index in [4.69, 9.17) is 5.10 Å². The van der Waals surface area contributed by atoms with Crippen LogP contribution in [-0.4, -0.2) is 45.4 Å². The Morgan fingerprint density at radius 1 is 1.36 bits per heavy atom. The van der Waals surface area contributed by atoms with Crippen LogP contribution < -0.4 is 15.8 Å². The molecule has 0 saturated carbocycles. The van der Waals surface area contributed by atoms with Crippen molar-refractivity contribution in [1.82, 2.24) is 19.9 Å². The third kappa shape index (κ3) is 3.24.